The molecular formula is C16H22N4O2S. The predicted octanol–water partition coefficient (Wildman–Crippen LogP) is 1.72. The van der Waals surface area contributed by atoms with E-state index in [0.717, 1.165) is 30.9 Å². The van der Waals surface area contributed by atoms with Gasteiger partial charge in [0.2, 0.25) is 0 Å². The summed E-state index contributed by atoms with van der Waals surface area (Å²) in [5.74, 6) is 0.0954. The second-order valence-corrected chi connectivity index (χ2v) is 7.32. The zero-order valence-corrected chi connectivity index (χ0v) is 14.2. The molecule has 0 unspecified atom stereocenters. The van der Waals surface area contributed by atoms with E-state index in [2.05, 4.69) is 9.88 Å². The fourth-order valence-electron chi connectivity index (χ4n) is 3.75. The number of hydrogen-bond acceptors (Lipinski definition) is 5. The Bertz CT molecular complexity index is 691. The van der Waals surface area contributed by atoms with Crippen LogP contribution >= 0.6 is 11.3 Å². The van der Waals surface area contributed by atoms with E-state index in [9.17, 15) is 4.79 Å². The van der Waals surface area contributed by atoms with Crippen LogP contribution in [0.5, 0.6) is 0 Å². The molecule has 2 aliphatic heterocycles. The van der Waals surface area contributed by atoms with Crippen LogP contribution < -0.4 is 0 Å². The highest BCUT2D eigenvalue weighted by atomic mass is 32.1. The van der Waals surface area contributed by atoms with Gasteiger partial charge in [-0.05, 0) is 32.4 Å². The van der Waals surface area contributed by atoms with E-state index in [1.165, 1.54) is 12.8 Å². The highest BCUT2D eigenvalue weighted by Gasteiger charge is 2.37. The number of fused-ring (bicyclic) bond motifs is 1. The average Bonchev–Trinajstić information content (AvgIpc) is 3.31. The summed E-state index contributed by atoms with van der Waals surface area (Å²) in [6.45, 7) is 3.95. The van der Waals surface area contributed by atoms with Gasteiger partial charge in [-0.25, -0.2) is 4.98 Å². The first kappa shape index (κ1) is 15.1. The Labute approximate surface area is 139 Å². The van der Waals surface area contributed by atoms with Crippen LogP contribution in [-0.4, -0.2) is 70.5 Å². The molecule has 2 aliphatic rings. The third kappa shape index (κ3) is 2.77. The minimum absolute atomic E-state index is 0.0954. The molecular weight excluding hydrogens is 312 g/mol. The van der Waals surface area contributed by atoms with E-state index >= 15 is 0 Å². The lowest BCUT2D eigenvalue weighted by Gasteiger charge is -2.28. The average molecular weight is 334 g/mol. The molecule has 0 spiro atoms. The largest absolute Gasteiger partial charge is 0.380 e. The molecule has 0 N–H and O–H groups in total. The van der Waals surface area contributed by atoms with E-state index < -0.39 is 0 Å². The second-order valence-electron chi connectivity index (χ2n) is 6.44. The Morgan fingerprint density at radius 1 is 1.43 bits per heavy atom. The molecule has 4 heterocycles. The molecule has 1 amide bonds. The number of carbonyl (C=O) groups excluding carboxylic acids is 1. The fraction of sp³-hybridized carbons (Fsp3) is 0.625. The molecule has 0 saturated carbocycles. The number of carbonyl (C=O) groups is 1. The van der Waals surface area contributed by atoms with Crippen molar-refractivity contribution in [3.05, 3.63) is 23.6 Å². The van der Waals surface area contributed by atoms with Crippen molar-refractivity contribution in [1.82, 2.24) is 19.2 Å². The van der Waals surface area contributed by atoms with Gasteiger partial charge in [-0.2, -0.15) is 0 Å². The minimum Gasteiger partial charge on any atom is -0.380 e. The Morgan fingerprint density at radius 2 is 2.26 bits per heavy atom. The van der Waals surface area contributed by atoms with E-state index in [1.807, 2.05) is 14.7 Å². The molecule has 2 atom stereocenters. The van der Waals surface area contributed by atoms with Crippen molar-refractivity contribution in [2.45, 2.75) is 31.4 Å². The van der Waals surface area contributed by atoms with Crippen molar-refractivity contribution in [3.8, 4) is 0 Å². The van der Waals surface area contributed by atoms with Crippen molar-refractivity contribution in [2.75, 3.05) is 33.3 Å². The number of rotatable bonds is 4. The summed E-state index contributed by atoms with van der Waals surface area (Å²) in [5, 5.41) is 1.94. The first-order chi connectivity index (χ1) is 11.3. The van der Waals surface area contributed by atoms with E-state index in [-0.39, 0.29) is 18.1 Å². The van der Waals surface area contributed by atoms with Crippen molar-refractivity contribution in [1.29, 1.82) is 0 Å². The van der Waals surface area contributed by atoms with Gasteiger partial charge in [0, 0.05) is 31.6 Å². The molecule has 2 aromatic rings. The maximum absolute atomic E-state index is 13.1. The summed E-state index contributed by atoms with van der Waals surface area (Å²) in [6, 6.07) is 0.240. The van der Waals surface area contributed by atoms with Gasteiger partial charge >= 0.3 is 0 Å². The van der Waals surface area contributed by atoms with E-state index in [1.54, 1.807) is 31.0 Å². The minimum atomic E-state index is 0.0954. The molecule has 2 aromatic heterocycles. The van der Waals surface area contributed by atoms with Gasteiger partial charge in [0.15, 0.2) is 0 Å². The van der Waals surface area contributed by atoms with Crippen molar-refractivity contribution < 1.29 is 9.53 Å². The number of imidazole rings is 1. The molecule has 2 saturated heterocycles. The number of methoxy groups -OCH3 is 1. The van der Waals surface area contributed by atoms with Crippen LogP contribution in [0.25, 0.3) is 4.83 Å². The topological polar surface area (TPSA) is 50.1 Å². The highest BCUT2D eigenvalue weighted by Crippen LogP contribution is 2.26. The third-order valence-corrected chi connectivity index (χ3v) is 5.90. The van der Waals surface area contributed by atoms with Crippen molar-refractivity contribution in [3.63, 3.8) is 0 Å². The molecule has 124 valence electrons. The summed E-state index contributed by atoms with van der Waals surface area (Å²) in [5.41, 5.74) is 0.714. The Morgan fingerprint density at radius 3 is 3.04 bits per heavy atom. The molecule has 0 radical (unpaired) electrons. The normalized spacial score (nSPS) is 25.7. The van der Waals surface area contributed by atoms with Gasteiger partial charge in [0.05, 0.1) is 12.3 Å². The predicted molar refractivity (Wildman–Crippen MR) is 89.0 cm³/mol. The molecule has 0 aromatic carbocycles. The van der Waals surface area contributed by atoms with Crippen molar-refractivity contribution >= 4 is 22.1 Å². The molecule has 0 aliphatic carbocycles. The summed E-state index contributed by atoms with van der Waals surface area (Å²) in [6.07, 6.45) is 7.13. The molecule has 23 heavy (non-hydrogen) atoms. The summed E-state index contributed by atoms with van der Waals surface area (Å²) in [7, 11) is 1.74. The molecule has 6 nitrogen and oxygen atoms in total. The maximum atomic E-state index is 13.1. The number of likely N-dealkylation sites (tertiary alicyclic amines) is 2. The first-order valence-electron chi connectivity index (χ1n) is 8.22. The molecule has 0 bridgehead atoms. The van der Waals surface area contributed by atoms with Crippen LogP contribution in [0.2, 0.25) is 0 Å². The number of hydrogen-bond donors (Lipinski definition) is 0. The SMILES string of the molecule is CO[C@H]1C[C@@H](CN2CCCC2)N(C(=O)c2csc3cncn23)C1. The monoisotopic (exact) mass is 334 g/mol. The van der Waals surface area contributed by atoms with Gasteiger partial charge in [0.25, 0.3) is 5.91 Å². The van der Waals surface area contributed by atoms with Crippen LogP contribution in [-0.2, 0) is 4.74 Å². The van der Waals surface area contributed by atoms with Crippen LogP contribution in [0.3, 0.4) is 0 Å². The van der Waals surface area contributed by atoms with Crippen LogP contribution in [0.15, 0.2) is 17.9 Å². The number of nitrogens with zero attached hydrogens (tertiary/aromatic N) is 4. The number of ether oxygens (including phenoxy) is 1. The fourth-order valence-corrected chi connectivity index (χ4v) is 4.58. The van der Waals surface area contributed by atoms with Gasteiger partial charge in [-0.1, -0.05) is 0 Å². The summed E-state index contributed by atoms with van der Waals surface area (Å²) < 4.78 is 7.44. The van der Waals surface area contributed by atoms with Crippen LogP contribution in [0.4, 0.5) is 0 Å². The lowest BCUT2D eigenvalue weighted by molar-refractivity contribution is 0.0663. The van der Waals surface area contributed by atoms with Crippen LogP contribution in [0, 0.1) is 0 Å². The Kier molecular flexibility index (Phi) is 4.09. The lowest BCUT2D eigenvalue weighted by Crippen LogP contribution is -2.43. The lowest BCUT2D eigenvalue weighted by atomic mass is 10.2. The second kappa shape index (κ2) is 6.22. The maximum Gasteiger partial charge on any atom is 0.272 e. The summed E-state index contributed by atoms with van der Waals surface area (Å²) >= 11 is 1.56. The first-order valence-corrected chi connectivity index (χ1v) is 9.10. The smallest absolute Gasteiger partial charge is 0.272 e. The molecule has 4 rings (SSSR count). The Balaban J connectivity index is 1.56. The third-order valence-electron chi connectivity index (χ3n) is 5.01. The van der Waals surface area contributed by atoms with Gasteiger partial charge in [0.1, 0.15) is 16.9 Å². The molecule has 2 fully saturated rings. The van der Waals surface area contributed by atoms with Gasteiger partial charge in [-0.3, -0.25) is 9.20 Å². The van der Waals surface area contributed by atoms with Gasteiger partial charge in [-0.15, -0.1) is 11.3 Å². The highest BCUT2D eigenvalue weighted by molar-refractivity contribution is 7.15. The quantitative estimate of drug-likeness (QED) is 0.854. The molecule has 7 heteroatoms. The van der Waals surface area contributed by atoms with Crippen LogP contribution in [0.1, 0.15) is 29.8 Å². The zero-order valence-electron chi connectivity index (χ0n) is 13.4. The standard InChI is InChI=1S/C16H22N4O2S/c1-22-13-6-12(8-18-4-2-3-5-18)19(9-13)16(21)14-10-23-15-7-17-11-20(14)15/h7,10-13H,2-6,8-9H2,1H3/t12-,13-/m0/s1. The van der Waals surface area contributed by atoms with E-state index in [4.69, 9.17) is 4.74 Å². The number of thiazole rings is 1. The Hall–Kier alpha value is -1.44. The number of amides is 1. The van der Waals surface area contributed by atoms with E-state index in [0.29, 0.717) is 12.2 Å². The number of aromatic nitrogens is 2. The van der Waals surface area contributed by atoms with Crippen molar-refractivity contribution in [2.24, 2.45) is 0 Å². The zero-order chi connectivity index (χ0) is 15.8. The summed E-state index contributed by atoms with van der Waals surface area (Å²) in [4.78, 5) is 22.7. The van der Waals surface area contributed by atoms with Gasteiger partial charge < -0.3 is 14.5 Å².